The number of epoxide rings is 1. The molecule has 120 valence electrons. The maximum atomic E-state index is 10.2. The third-order valence-corrected chi connectivity index (χ3v) is 3.75. The molecule has 0 aromatic heterocycles. The van der Waals surface area contributed by atoms with Gasteiger partial charge in [-0.3, -0.25) is 0 Å². The molecule has 0 spiro atoms. The number of hydrogen-bond acceptors (Lipinski definition) is 3. The summed E-state index contributed by atoms with van der Waals surface area (Å²) in [5.41, 5.74) is 0. The number of ether oxygens (including phenoxy) is 1. The molecule has 0 aliphatic carbocycles. The summed E-state index contributed by atoms with van der Waals surface area (Å²) in [6.45, 7) is 2.15. The van der Waals surface area contributed by atoms with E-state index in [1.807, 2.05) is 0 Å². The summed E-state index contributed by atoms with van der Waals surface area (Å²) in [4.78, 5) is 10.2. The van der Waals surface area contributed by atoms with Crippen molar-refractivity contribution >= 4 is 5.97 Å². The van der Waals surface area contributed by atoms with E-state index in [1.165, 1.54) is 12.8 Å². The van der Waals surface area contributed by atoms with Gasteiger partial charge >= 0.3 is 0 Å². The van der Waals surface area contributed by atoms with Crippen LogP contribution >= 0.6 is 0 Å². The number of hydrogen-bond donors (Lipinski definition) is 0. The molecule has 3 nitrogen and oxygen atoms in total. The van der Waals surface area contributed by atoms with Gasteiger partial charge in [0.1, 0.15) is 0 Å². The van der Waals surface area contributed by atoms with Crippen LogP contribution in [-0.2, 0) is 9.53 Å². The van der Waals surface area contributed by atoms with Gasteiger partial charge < -0.3 is 14.6 Å². The zero-order valence-electron chi connectivity index (χ0n) is 13.3. The standard InChI is InChI=1S/C18H30O3/c1-2-3-10-13-16-17(21-16)14-11-8-6-4-5-7-9-12-15-18(19)20/h3,8,10-11,16-17H,2,4-7,9,12-15H2,1H3,(H,19,20)/p-1/b10-3-,11-8-. The van der Waals surface area contributed by atoms with Gasteiger partial charge in [-0.1, -0.05) is 50.5 Å². The molecule has 0 radical (unpaired) electrons. The molecule has 1 aliphatic rings. The smallest absolute Gasteiger partial charge is 0.0879 e. The highest BCUT2D eigenvalue weighted by atomic mass is 16.6. The Morgan fingerprint density at radius 3 is 2.24 bits per heavy atom. The lowest BCUT2D eigenvalue weighted by molar-refractivity contribution is -0.305. The van der Waals surface area contributed by atoms with Crippen molar-refractivity contribution in [2.24, 2.45) is 0 Å². The van der Waals surface area contributed by atoms with E-state index in [1.54, 1.807) is 0 Å². The predicted molar refractivity (Wildman–Crippen MR) is 83.8 cm³/mol. The lowest BCUT2D eigenvalue weighted by Gasteiger charge is -2.01. The van der Waals surface area contributed by atoms with E-state index in [0.717, 1.165) is 44.9 Å². The van der Waals surface area contributed by atoms with Crippen molar-refractivity contribution in [1.82, 2.24) is 0 Å². The van der Waals surface area contributed by atoms with E-state index in [2.05, 4.69) is 31.2 Å². The zero-order chi connectivity index (χ0) is 15.3. The summed E-state index contributed by atoms with van der Waals surface area (Å²) < 4.78 is 5.60. The molecule has 2 atom stereocenters. The number of aliphatic carboxylic acids is 1. The molecular formula is C18H29O3-. The quantitative estimate of drug-likeness (QED) is 0.296. The number of rotatable bonds is 13. The van der Waals surface area contributed by atoms with Gasteiger partial charge in [-0.05, 0) is 44.9 Å². The van der Waals surface area contributed by atoms with Crippen LogP contribution in [0.4, 0.5) is 0 Å². The second kappa shape index (κ2) is 11.6. The van der Waals surface area contributed by atoms with Crippen LogP contribution in [0.25, 0.3) is 0 Å². The van der Waals surface area contributed by atoms with Gasteiger partial charge in [-0.2, -0.15) is 0 Å². The molecule has 3 heteroatoms. The van der Waals surface area contributed by atoms with Gasteiger partial charge in [-0.25, -0.2) is 0 Å². The average molecular weight is 293 g/mol. The Labute approximate surface area is 129 Å². The Hall–Kier alpha value is -1.09. The van der Waals surface area contributed by atoms with Crippen molar-refractivity contribution in [3.05, 3.63) is 24.3 Å². The van der Waals surface area contributed by atoms with Crippen LogP contribution in [0.15, 0.2) is 24.3 Å². The molecule has 0 saturated carbocycles. The number of carboxylic acids is 1. The largest absolute Gasteiger partial charge is 0.550 e. The molecule has 1 rings (SSSR count). The third-order valence-electron chi connectivity index (χ3n) is 3.75. The molecule has 0 bridgehead atoms. The van der Waals surface area contributed by atoms with Crippen LogP contribution in [0.3, 0.4) is 0 Å². The Bertz CT molecular complexity index is 333. The van der Waals surface area contributed by atoms with E-state index < -0.39 is 5.97 Å². The normalized spacial score (nSPS) is 21.4. The summed E-state index contributed by atoms with van der Waals surface area (Å²) in [5.74, 6) is -0.927. The van der Waals surface area contributed by atoms with Gasteiger partial charge in [0.2, 0.25) is 0 Å². The van der Waals surface area contributed by atoms with Gasteiger partial charge in [-0.15, -0.1) is 0 Å². The minimum Gasteiger partial charge on any atom is -0.550 e. The molecule has 0 amide bonds. The summed E-state index contributed by atoms with van der Waals surface area (Å²) in [5, 5.41) is 10.2. The van der Waals surface area contributed by atoms with E-state index >= 15 is 0 Å². The molecule has 0 aromatic carbocycles. The average Bonchev–Trinajstić information content (AvgIpc) is 3.19. The number of carboxylic acid groups (broad SMARTS) is 1. The third kappa shape index (κ3) is 10.3. The monoisotopic (exact) mass is 293 g/mol. The molecular weight excluding hydrogens is 264 g/mol. The Balaban J connectivity index is 1.84. The van der Waals surface area contributed by atoms with E-state index in [0.29, 0.717) is 12.2 Å². The summed E-state index contributed by atoms with van der Waals surface area (Å²) in [7, 11) is 0. The molecule has 1 aliphatic heterocycles. The summed E-state index contributed by atoms with van der Waals surface area (Å²) >= 11 is 0. The minimum absolute atomic E-state index is 0.204. The lowest BCUT2D eigenvalue weighted by Crippen LogP contribution is -2.21. The highest BCUT2D eigenvalue weighted by Gasteiger charge is 2.35. The first-order valence-electron chi connectivity index (χ1n) is 8.39. The lowest BCUT2D eigenvalue weighted by atomic mass is 10.1. The molecule has 1 heterocycles. The van der Waals surface area contributed by atoms with E-state index in [9.17, 15) is 9.90 Å². The van der Waals surface area contributed by atoms with E-state index in [-0.39, 0.29) is 6.42 Å². The molecule has 2 unspecified atom stereocenters. The fourth-order valence-electron chi connectivity index (χ4n) is 2.40. The van der Waals surface area contributed by atoms with Gasteiger partial charge in [0, 0.05) is 5.97 Å². The first-order chi connectivity index (χ1) is 10.2. The highest BCUT2D eigenvalue weighted by molar-refractivity contribution is 5.63. The maximum absolute atomic E-state index is 10.2. The van der Waals surface area contributed by atoms with Crippen molar-refractivity contribution in [3.63, 3.8) is 0 Å². The number of unbranched alkanes of at least 4 members (excludes halogenated alkanes) is 5. The fourth-order valence-corrected chi connectivity index (χ4v) is 2.40. The molecule has 1 fully saturated rings. The molecule has 0 aromatic rings. The molecule has 0 N–H and O–H groups in total. The topological polar surface area (TPSA) is 52.7 Å². The van der Waals surface area contributed by atoms with Crippen LogP contribution in [0, 0.1) is 0 Å². The van der Waals surface area contributed by atoms with Gasteiger partial charge in [0.15, 0.2) is 0 Å². The van der Waals surface area contributed by atoms with Gasteiger partial charge in [0.25, 0.3) is 0 Å². The maximum Gasteiger partial charge on any atom is 0.0879 e. The SMILES string of the molecule is CC/C=C\CC1OC1C/C=C\CCCCCCCC(=O)[O-]. The Morgan fingerprint density at radius 1 is 0.952 bits per heavy atom. The molecule has 21 heavy (non-hydrogen) atoms. The summed E-state index contributed by atoms with van der Waals surface area (Å²) in [6.07, 6.45) is 19.6. The first-order valence-corrected chi connectivity index (χ1v) is 8.39. The van der Waals surface area contributed by atoms with Crippen LogP contribution < -0.4 is 5.11 Å². The highest BCUT2D eigenvalue weighted by Crippen LogP contribution is 2.29. The summed E-state index contributed by atoms with van der Waals surface area (Å²) in [6, 6.07) is 0. The van der Waals surface area contributed by atoms with Crippen molar-refractivity contribution in [2.45, 2.75) is 83.3 Å². The van der Waals surface area contributed by atoms with Crippen molar-refractivity contribution in [3.8, 4) is 0 Å². The van der Waals surface area contributed by atoms with Gasteiger partial charge in [0.05, 0.1) is 12.2 Å². The van der Waals surface area contributed by atoms with Crippen molar-refractivity contribution in [1.29, 1.82) is 0 Å². The molecule has 1 saturated heterocycles. The predicted octanol–water partition coefficient (Wildman–Crippen LogP) is 3.54. The Morgan fingerprint density at radius 2 is 1.57 bits per heavy atom. The van der Waals surface area contributed by atoms with Crippen molar-refractivity contribution in [2.75, 3.05) is 0 Å². The van der Waals surface area contributed by atoms with Crippen LogP contribution in [0.5, 0.6) is 0 Å². The second-order valence-corrected chi connectivity index (χ2v) is 5.71. The minimum atomic E-state index is -0.927. The number of carbonyl (C=O) groups excluding carboxylic acids is 1. The number of allylic oxidation sites excluding steroid dienone is 2. The zero-order valence-corrected chi connectivity index (χ0v) is 13.3. The van der Waals surface area contributed by atoms with Crippen LogP contribution in [0.2, 0.25) is 0 Å². The fraction of sp³-hybridized carbons (Fsp3) is 0.722. The second-order valence-electron chi connectivity index (χ2n) is 5.71. The van der Waals surface area contributed by atoms with Crippen molar-refractivity contribution < 1.29 is 14.6 Å². The number of carbonyl (C=O) groups is 1. The Kier molecular flexibility index (Phi) is 9.88. The van der Waals surface area contributed by atoms with Crippen LogP contribution in [-0.4, -0.2) is 18.2 Å². The first kappa shape index (κ1) is 18.0. The van der Waals surface area contributed by atoms with Crippen LogP contribution in [0.1, 0.15) is 71.1 Å². The van der Waals surface area contributed by atoms with E-state index in [4.69, 9.17) is 4.74 Å².